The van der Waals surface area contributed by atoms with Gasteiger partial charge in [0, 0.05) is 37.2 Å². The van der Waals surface area contributed by atoms with Crippen LogP contribution < -0.4 is 15.4 Å². The number of piperidine rings is 1. The van der Waals surface area contributed by atoms with E-state index in [1.165, 1.54) is 25.5 Å². The number of carbonyl (C=O) groups is 1. The molecule has 1 atom stereocenters. The largest absolute Gasteiger partial charge is 0.514 e. The number of anilines is 1. The van der Waals surface area contributed by atoms with Gasteiger partial charge in [0.15, 0.2) is 5.84 Å². The molecule has 41 heavy (non-hydrogen) atoms. The molecule has 9 heteroatoms. The lowest BCUT2D eigenvalue weighted by atomic mass is 9.93. The number of likely N-dealkylation sites (N-methyl/N-ethyl adjacent to an activating group) is 1. The van der Waals surface area contributed by atoms with Crippen LogP contribution in [0.4, 0.5) is 5.69 Å². The van der Waals surface area contributed by atoms with Gasteiger partial charge in [0.05, 0.1) is 30.5 Å². The summed E-state index contributed by atoms with van der Waals surface area (Å²) in [5.41, 5.74) is 3.04. The van der Waals surface area contributed by atoms with E-state index in [-0.39, 0.29) is 17.9 Å². The highest BCUT2D eigenvalue weighted by atomic mass is 16.5. The van der Waals surface area contributed by atoms with E-state index in [1.807, 2.05) is 31.0 Å². The zero-order valence-electron chi connectivity index (χ0n) is 25.4. The van der Waals surface area contributed by atoms with Crippen LogP contribution in [0.5, 0.6) is 5.75 Å². The second-order valence-corrected chi connectivity index (χ2v) is 11.6. The molecule has 224 valence electrons. The van der Waals surface area contributed by atoms with Crippen LogP contribution in [0.25, 0.3) is 0 Å². The smallest absolute Gasteiger partial charge is 0.251 e. The van der Waals surface area contributed by atoms with Gasteiger partial charge < -0.3 is 35.2 Å². The number of amidine groups is 1. The van der Waals surface area contributed by atoms with Crippen molar-refractivity contribution in [2.45, 2.75) is 70.9 Å². The van der Waals surface area contributed by atoms with E-state index >= 15 is 0 Å². The number of ether oxygens (including phenoxy) is 1. The van der Waals surface area contributed by atoms with Crippen molar-refractivity contribution in [3.8, 4) is 5.75 Å². The Bertz CT molecular complexity index is 1180. The second-order valence-electron chi connectivity index (χ2n) is 11.6. The predicted molar refractivity (Wildman–Crippen MR) is 166 cm³/mol. The van der Waals surface area contributed by atoms with Crippen molar-refractivity contribution in [3.63, 3.8) is 0 Å². The zero-order valence-corrected chi connectivity index (χ0v) is 25.4. The first-order valence-electron chi connectivity index (χ1n) is 15.0. The fourth-order valence-corrected chi connectivity index (χ4v) is 6.28. The molecule has 3 aliphatic rings. The summed E-state index contributed by atoms with van der Waals surface area (Å²) in [6, 6.07) is 5.99. The Morgan fingerprint density at radius 1 is 1.15 bits per heavy atom. The minimum absolute atomic E-state index is 0.0901. The van der Waals surface area contributed by atoms with Crippen LogP contribution >= 0.6 is 0 Å². The van der Waals surface area contributed by atoms with E-state index in [4.69, 9.17) is 9.73 Å². The third kappa shape index (κ3) is 7.25. The summed E-state index contributed by atoms with van der Waals surface area (Å²) in [6.45, 7) is 11.1. The van der Waals surface area contributed by atoms with Crippen LogP contribution in [-0.2, 0) is 0 Å². The highest BCUT2D eigenvalue weighted by Crippen LogP contribution is 2.33. The first-order chi connectivity index (χ1) is 19.7. The van der Waals surface area contributed by atoms with Crippen LogP contribution in [0.15, 0.2) is 59.3 Å². The third-order valence-electron chi connectivity index (χ3n) is 8.68. The number of likely N-dealkylation sites (tertiary alicyclic amines) is 1. The van der Waals surface area contributed by atoms with E-state index in [0.717, 1.165) is 62.5 Å². The number of methoxy groups -OCH3 is 1. The number of hydrogen-bond donors (Lipinski definition) is 3. The average Bonchev–Trinajstić information content (AvgIpc) is 3.07. The Morgan fingerprint density at radius 3 is 2.49 bits per heavy atom. The maximum atomic E-state index is 13.0. The molecule has 1 saturated carbocycles. The third-order valence-corrected chi connectivity index (χ3v) is 8.68. The fraction of sp³-hybridized carbons (Fsp3) is 0.562. The van der Waals surface area contributed by atoms with Gasteiger partial charge in [0.1, 0.15) is 11.6 Å². The molecule has 1 amide bonds. The van der Waals surface area contributed by atoms with Gasteiger partial charge in [-0.25, -0.2) is 4.99 Å². The van der Waals surface area contributed by atoms with Crippen LogP contribution in [0.1, 0.15) is 69.2 Å². The normalized spacial score (nSPS) is 24.5. The van der Waals surface area contributed by atoms with Crippen molar-refractivity contribution in [2.24, 2.45) is 10.9 Å². The number of aliphatic imine (C=N–C) groups is 1. The predicted octanol–water partition coefficient (Wildman–Crippen LogP) is 5.32. The van der Waals surface area contributed by atoms with Gasteiger partial charge in [0.25, 0.3) is 5.91 Å². The summed E-state index contributed by atoms with van der Waals surface area (Å²) in [5.74, 6) is 1.90. The molecule has 9 nitrogen and oxygen atoms in total. The summed E-state index contributed by atoms with van der Waals surface area (Å²) in [5, 5.41) is 16.6. The van der Waals surface area contributed by atoms with E-state index < -0.39 is 0 Å². The van der Waals surface area contributed by atoms with Crippen LogP contribution in [0.2, 0.25) is 0 Å². The summed E-state index contributed by atoms with van der Waals surface area (Å²) < 4.78 is 5.67. The van der Waals surface area contributed by atoms with Crippen LogP contribution in [0, 0.1) is 5.92 Å². The lowest BCUT2D eigenvalue weighted by Gasteiger charge is -2.37. The molecule has 3 fully saturated rings. The summed E-state index contributed by atoms with van der Waals surface area (Å²) in [6.07, 6.45) is 11.1. The number of nitrogens with zero attached hydrogens (tertiary/aromatic N) is 4. The number of benzene rings is 1. The van der Waals surface area contributed by atoms with E-state index in [9.17, 15) is 9.90 Å². The Hall–Kier alpha value is -3.46. The highest BCUT2D eigenvalue weighted by Gasteiger charge is 2.34. The molecule has 2 aliphatic heterocycles. The number of hydrogen-bond acceptors (Lipinski definition) is 7. The molecule has 0 radical (unpaired) electrons. The molecule has 4 rings (SSSR count). The molecular weight excluding hydrogens is 516 g/mol. The van der Waals surface area contributed by atoms with Gasteiger partial charge in [-0.15, -0.1) is 0 Å². The van der Waals surface area contributed by atoms with Gasteiger partial charge in [0.2, 0.25) is 0 Å². The molecule has 2 heterocycles. The van der Waals surface area contributed by atoms with Crippen molar-refractivity contribution < 1.29 is 14.6 Å². The van der Waals surface area contributed by atoms with Gasteiger partial charge in [-0.1, -0.05) is 38.8 Å². The van der Waals surface area contributed by atoms with E-state index in [0.29, 0.717) is 28.9 Å². The van der Waals surface area contributed by atoms with Crippen LogP contribution in [0.3, 0.4) is 0 Å². The molecule has 1 aliphatic carbocycles. The fourth-order valence-electron chi connectivity index (χ4n) is 6.28. The summed E-state index contributed by atoms with van der Waals surface area (Å²) >= 11 is 0. The Balaban J connectivity index is 1.57. The van der Waals surface area contributed by atoms with Crippen molar-refractivity contribution in [1.82, 2.24) is 20.0 Å². The molecule has 0 bridgehead atoms. The van der Waals surface area contributed by atoms with Gasteiger partial charge >= 0.3 is 0 Å². The van der Waals surface area contributed by atoms with Gasteiger partial charge in [-0.2, -0.15) is 0 Å². The topological polar surface area (TPSA) is 92.7 Å². The first kappa shape index (κ1) is 30.5. The standard InChI is InChI=1S/C32H48N6O3/c1-7-28-31(38(26-11-9-8-10-12-26)20-22(2)29(21-39)37(28)5)34-23(3)33-27-14-13-24(19-30(27)41-6)32(40)35-25-15-17-36(4)18-16-25/h7,13-14,19,21-22,25-26,33,39H,3,8-12,15-18,20H2,1-2,4-6H3,(H,35,40)/b28-7+,29-21?,34-31+. The Kier molecular flexibility index (Phi) is 10.4. The maximum Gasteiger partial charge on any atom is 0.251 e. The summed E-state index contributed by atoms with van der Waals surface area (Å²) in [7, 11) is 5.68. The van der Waals surface area contributed by atoms with Gasteiger partial charge in [-0.05, 0) is 70.9 Å². The molecule has 2 saturated heterocycles. The monoisotopic (exact) mass is 564 g/mol. The Labute approximate surface area is 245 Å². The minimum atomic E-state index is -0.0901. The van der Waals surface area contributed by atoms with E-state index in [2.05, 4.69) is 41.0 Å². The minimum Gasteiger partial charge on any atom is -0.514 e. The second kappa shape index (κ2) is 13.9. The SMILES string of the molecule is C=C(/N=C1\C(=C/C)N(C)C(=CO)C(C)CN1C1CCCCC1)Nc1ccc(C(=O)NC2CCN(C)CC2)cc1OC. The molecule has 3 N–H and O–H groups in total. The number of carbonyl (C=O) groups excluding carboxylic acids is 1. The average molecular weight is 565 g/mol. The number of nitrogens with one attached hydrogen (secondary N) is 2. The molecule has 1 unspecified atom stereocenters. The lowest BCUT2D eigenvalue weighted by molar-refractivity contribution is 0.0916. The Morgan fingerprint density at radius 2 is 1.85 bits per heavy atom. The number of amides is 1. The molecule has 0 spiro atoms. The zero-order chi connectivity index (χ0) is 29.5. The molecular formula is C32H48N6O3. The van der Waals surface area contributed by atoms with Crippen LogP contribution in [-0.4, -0.2) is 84.5 Å². The van der Waals surface area contributed by atoms with Crippen molar-refractivity contribution in [2.75, 3.05) is 46.2 Å². The molecule has 1 aromatic rings. The summed E-state index contributed by atoms with van der Waals surface area (Å²) in [4.78, 5) is 24.7. The number of allylic oxidation sites excluding steroid dienone is 1. The first-order valence-corrected chi connectivity index (χ1v) is 15.0. The van der Waals surface area contributed by atoms with Crippen molar-refractivity contribution in [3.05, 3.63) is 59.9 Å². The van der Waals surface area contributed by atoms with E-state index in [1.54, 1.807) is 19.2 Å². The molecule has 1 aromatic carbocycles. The van der Waals surface area contributed by atoms with Gasteiger partial charge in [-0.3, -0.25) is 4.79 Å². The molecule has 0 aromatic heterocycles. The number of rotatable bonds is 7. The number of aliphatic hydroxyl groups is 1. The lowest BCUT2D eigenvalue weighted by Crippen LogP contribution is -2.44. The maximum absolute atomic E-state index is 13.0. The number of aliphatic hydroxyl groups excluding tert-OH is 1. The highest BCUT2D eigenvalue weighted by molar-refractivity contribution is 5.99. The van der Waals surface area contributed by atoms with Crippen molar-refractivity contribution in [1.29, 1.82) is 0 Å². The quantitative estimate of drug-likeness (QED) is 0.386. The van der Waals surface area contributed by atoms with Crippen molar-refractivity contribution >= 4 is 17.4 Å².